The first-order valence-electron chi connectivity index (χ1n) is 12.3. The molecule has 3 heterocycles. The van der Waals surface area contributed by atoms with Crippen LogP contribution in [0.3, 0.4) is 0 Å². The molecule has 3 aromatic rings. The fraction of sp³-hybridized carbons (Fsp3) is 0.444. The summed E-state index contributed by atoms with van der Waals surface area (Å²) < 4.78 is 40.8. The zero-order chi connectivity index (χ0) is 26.3. The zero-order valence-corrected chi connectivity index (χ0v) is 20.7. The Labute approximate surface area is 212 Å². The Hall–Kier alpha value is -3.53. The summed E-state index contributed by atoms with van der Waals surface area (Å²) in [6.07, 6.45) is 0.410. The number of fused-ring (bicyclic) bond motifs is 3. The van der Waals surface area contributed by atoms with Gasteiger partial charge in [0, 0.05) is 24.4 Å². The van der Waals surface area contributed by atoms with Gasteiger partial charge in [-0.3, -0.25) is 9.69 Å². The van der Waals surface area contributed by atoms with Crippen LogP contribution in [0.5, 0.6) is 0 Å². The van der Waals surface area contributed by atoms with Crippen molar-refractivity contribution in [1.82, 2.24) is 9.55 Å². The SMILES string of the molecule is COC(=O)N1c2ccc3c(nc(CC(C(=O)O)c4ccccc4)n3C3COCC(F)(F)C3)c2CCC1C. The van der Waals surface area contributed by atoms with E-state index in [2.05, 4.69) is 0 Å². The van der Waals surface area contributed by atoms with Gasteiger partial charge in [0.15, 0.2) is 0 Å². The number of anilines is 1. The molecular formula is C27H29F2N3O5. The van der Waals surface area contributed by atoms with Gasteiger partial charge in [-0.05, 0) is 37.5 Å². The number of carboxylic acid groups (broad SMARTS) is 1. The number of amides is 1. The summed E-state index contributed by atoms with van der Waals surface area (Å²) in [4.78, 5) is 31.3. The van der Waals surface area contributed by atoms with Crippen molar-refractivity contribution in [3.8, 4) is 0 Å². The second-order valence-corrected chi connectivity index (χ2v) is 9.79. The van der Waals surface area contributed by atoms with Crippen LogP contribution >= 0.6 is 0 Å². The molecule has 1 N–H and O–H groups in total. The smallest absolute Gasteiger partial charge is 0.414 e. The molecular weight excluding hydrogens is 484 g/mol. The van der Waals surface area contributed by atoms with Gasteiger partial charge in [0.1, 0.15) is 12.4 Å². The molecule has 0 spiro atoms. The molecule has 2 aliphatic heterocycles. The van der Waals surface area contributed by atoms with E-state index >= 15 is 0 Å². The van der Waals surface area contributed by atoms with Crippen molar-refractivity contribution in [2.45, 2.75) is 56.5 Å². The van der Waals surface area contributed by atoms with Crippen molar-refractivity contribution >= 4 is 28.8 Å². The standard InChI is InChI=1S/C27H29F2N3O5/c1-16-8-9-19-21(31(16)26(35)36-2)10-11-22-24(19)30-23(32(22)18-13-27(28,29)15-37-14-18)12-20(25(33)34)17-6-4-3-5-7-17/h3-7,10-11,16,18,20H,8-9,12-15H2,1-2H3,(H,33,34). The normalized spacial score (nSPS) is 21.9. The van der Waals surface area contributed by atoms with E-state index in [9.17, 15) is 23.5 Å². The Morgan fingerprint density at radius 2 is 2.00 bits per heavy atom. The Balaban J connectivity index is 1.67. The van der Waals surface area contributed by atoms with Crippen LogP contribution in [0.2, 0.25) is 0 Å². The van der Waals surface area contributed by atoms with Crippen molar-refractivity contribution in [3.05, 3.63) is 59.4 Å². The molecule has 1 saturated heterocycles. The molecule has 0 radical (unpaired) electrons. The first-order valence-corrected chi connectivity index (χ1v) is 12.3. The molecule has 1 amide bonds. The van der Waals surface area contributed by atoms with Gasteiger partial charge in [-0.25, -0.2) is 18.6 Å². The van der Waals surface area contributed by atoms with E-state index in [1.54, 1.807) is 51.9 Å². The highest BCUT2D eigenvalue weighted by Crippen LogP contribution is 2.40. The van der Waals surface area contributed by atoms with E-state index in [0.717, 1.165) is 5.56 Å². The number of ether oxygens (including phenoxy) is 2. The largest absolute Gasteiger partial charge is 0.481 e. The Bertz CT molecular complexity index is 1330. The van der Waals surface area contributed by atoms with E-state index in [1.807, 2.05) is 6.92 Å². The first kappa shape index (κ1) is 25.1. The number of nitrogens with zero attached hydrogens (tertiary/aromatic N) is 3. The second kappa shape index (κ2) is 9.74. The second-order valence-electron chi connectivity index (χ2n) is 9.79. The summed E-state index contributed by atoms with van der Waals surface area (Å²) in [6.45, 7) is 1.36. The summed E-state index contributed by atoms with van der Waals surface area (Å²) in [6, 6.07) is 11.6. The number of alkyl halides is 2. The number of halogens is 2. The number of hydrogen-bond donors (Lipinski definition) is 1. The monoisotopic (exact) mass is 513 g/mol. The van der Waals surface area contributed by atoms with Gasteiger partial charge in [-0.15, -0.1) is 0 Å². The van der Waals surface area contributed by atoms with Gasteiger partial charge in [0.2, 0.25) is 0 Å². The third-order valence-electron chi connectivity index (χ3n) is 7.31. The van der Waals surface area contributed by atoms with Crippen molar-refractivity contribution in [3.63, 3.8) is 0 Å². The molecule has 3 atom stereocenters. The molecule has 2 aromatic carbocycles. The molecule has 0 bridgehead atoms. The molecule has 1 fully saturated rings. The third-order valence-corrected chi connectivity index (χ3v) is 7.31. The highest BCUT2D eigenvalue weighted by atomic mass is 19.3. The third kappa shape index (κ3) is 4.66. The van der Waals surface area contributed by atoms with Crippen molar-refractivity contribution in [2.75, 3.05) is 25.2 Å². The first-order chi connectivity index (χ1) is 17.7. The van der Waals surface area contributed by atoms with E-state index < -0.39 is 43.0 Å². The van der Waals surface area contributed by atoms with Gasteiger partial charge >= 0.3 is 12.1 Å². The quantitative estimate of drug-likeness (QED) is 0.519. The molecule has 37 heavy (non-hydrogen) atoms. The number of aryl methyl sites for hydroxylation is 1. The van der Waals surface area contributed by atoms with Crippen LogP contribution in [0, 0.1) is 0 Å². The number of carboxylic acids is 1. The lowest BCUT2D eigenvalue weighted by Gasteiger charge is -2.34. The molecule has 3 unspecified atom stereocenters. The fourth-order valence-corrected chi connectivity index (χ4v) is 5.56. The highest BCUT2D eigenvalue weighted by Gasteiger charge is 2.40. The van der Waals surface area contributed by atoms with E-state index in [0.29, 0.717) is 41.0 Å². The van der Waals surface area contributed by atoms with Gasteiger partial charge in [0.25, 0.3) is 5.92 Å². The van der Waals surface area contributed by atoms with Crippen LogP contribution in [0.1, 0.15) is 48.7 Å². The van der Waals surface area contributed by atoms with Gasteiger partial charge < -0.3 is 19.1 Å². The number of carbonyl (C=O) groups excluding carboxylic acids is 1. The number of benzene rings is 2. The van der Waals surface area contributed by atoms with Gasteiger partial charge in [0.05, 0.1) is 42.4 Å². The van der Waals surface area contributed by atoms with Crippen LogP contribution in [0.15, 0.2) is 42.5 Å². The molecule has 0 aliphatic carbocycles. The average Bonchev–Trinajstić information content (AvgIpc) is 3.25. The number of methoxy groups -OCH3 is 1. The minimum Gasteiger partial charge on any atom is -0.481 e. The van der Waals surface area contributed by atoms with Crippen molar-refractivity contribution < 1.29 is 33.0 Å². The van der Waals surface area contributed by atoms with Crippen LogP contribution in [0.4, 0.5) is 19.3 Å². The minimum absolute atomic E-state index is 0.0159. The summed E-state index contributed by atoms with van der Waals surface area (Å²) in [5.74, 6) is -4.55. The van der Waals surface area contributed by atoms with E-state index in [1.165, 1.54) is 7.11 Å². The molecule has 1 aromatic heterocycles. The topological polar surface area (TPSA) is 93.9 Å². The molecule has 2 aliphatic rings. The van der Waals surface area contributed by atoms with Gasteiger partial charge in [-0.1, -0.05) is 30.3 Å². The predicted molar refractivity (Wildman–Crippen MR) is 132 cm³/mol. The molecule has 10 heteroatoms. The maximum absolute atomic E-state index is 14.4. The van der Waals surface area contributed by atoms with E-state index in [-0.39, 0.29) is 19.1 Å². The van der Waals surface area contributed by atoms with Crippen LogP contribution in [-0.2, 0) is 27.1 Å². The lowest BCUT2D eigenvalue weighted by atomic mass is 9.95. The Morgan fingerprint density at radius 1 is 1.24 bits per heavy atom. The lowest BCUT2D eigenvalue weighted by molar-refractivity contribution is -0.139. The van der Waals surface area contributed by atoms with Crippen molar-refractivity contribution in [1.29, 1.82) is 0 Å². The Kier molecular flexibility index (Phi) is 6.61. The number of carbonyl (C=O) groups is 2. The van der Waals surface area contributed by atoms with E-state index in [4.69, 9.17) is 14.5 Å². The number of rotatable bonds is 5. The van der Waals surface area contributed by atoms with Crippen LogP contribution in [-0.4, -0.2) is 59.0 Å². The lowest BCUT2D eigenvalue weighted by Crippen LogP contribution is -2.42. The van der Waals surface area contributed by atoms with Crippen LogP contribution < -0.4 is 4.90 Å². The number of hydrogen-bond acceptors (Lipinski definition) is 5. The number of aromatic nitrogens is 2. The summed E-state index contributed by atoms with van der Waals surface area (Å²) in [7, 11) is 1.33. The summed E-state index contributed by atoms with van der Waals surface area (Å²) in [5, 5.41) is 10.1. The number of imidazole rings is 1. The molecule has 8 nitrogen and oxygen atoms in total. The maximum Gasteiger partial charge on any atom is 0.414 e. The predicted octanol–water partition coefficient (Wildman–Crippen LogP) is 4.95. The summed E-state index contributed by atoms with van der Waals surface area (Å²) >= 11 is 0. The number of aliphatic carboxylic acids is 1. The molecule has 0 saturated carbocycles. The van der Waals surface area contributed by atoms with Crippen molar-refractivity contribution in [2.24, 2.45) is 0 Å². The zero-order valence-electron chi connectivity index (χ0n) is 20.7. The molecule has 5 rings (SSSR count). The summed E-state index contributed by atoms with van der Waals surface area (Å²) in [5.41, 5.74) is 3.29. The minimum atomic E-state index is -3.01. The average molecular weight is 514 g/mol. The molecule has 196 valence electrons. The van der Waals surface area contributed by atoms with Crippen LogP contribution in [0.25, 0.3) is 11.0 Å². The van der Waals surface area contributed by atoms with Gasteiger partial charge in [-0.2, -0.15) is 0 Å². The Morgan fingerprint density at radius 3 is 2.68 bits per heavy atom. The maximum atomic E-state index is 14.4. The highest BCUT2D eigenvalue weighted by molar-refractivity contribution is 5.95. The fourth-order valence-electron chi connectivity index (χ4n) is 5.56.